The summed E-state index contributed by atoms with van der Waals surface area (Å²) in [7, 11) is -1.51. The molecule has 0 aliphatic carbocycles. The molecule has 0 saturated carbocycles. The summed E-state index contributed by atoms with van der Waals surface area (Å²) >= 11 is 0. The molecule has 2 rings (SSSR count). The topological polar surface area (TPSA) is 52.5 Å². The summed E-state index contributed by atoms with van der Waals surface area (Å²) < 4.78 is 3.28. The molecule has 1 aromatic carbocycles. The Morgan fingerprint density at radius 3 is 2.71 bits per heavy atom. The molecule has 1 atom stereocenters. The maximum Gasteiger partial charge on any atom is 0.527 e. The first-order valence-corrected chi connectivity index (χ1v) is 6.71. The lowest BCUT2D eigenvalue weighted by molar-refractivity contribution is 0.436. The predicted molar refractivity (Wildman–Crippen MR) is 62.1 cm³/mol. The van der Waals surface area contributed by atoms with Gasteiger partial charge in [0, 0.05) is 11.4 Å². The number of rotatable bonds is 2. The molecule has 3 N–H and O–H groups in total. The molecule has 1 aromatic rings. The van der Waals surface area contributed by atoms with Gasteiger partial charge in [-0.3, -0.25) is 0 Å². The van der Waals surface area contributed by atoms with Gasteiger partial charge in [-0.2, -0.15) is 0 Å². The van der Waals surface area contributed by atoms with E-state index < -0.39 is 16.5 Å². The average molecular weight is 211 g/mol. The fourth-order valence-electron chi connectivity index (χ4n) is 1.73. The Bertz CT molecular complexity index is 320. The molecule has 76 valence electrons. The van der Waals surface area contributed by atoms with E-state index in [0.717, 1.165) is 17.2 Å². The maximum atomic E-state index is 9.40. The second kappa shape index (κ2) is 3.49. The number of hydrogen-bond donors (Lipinski definition) is 3. The third-order valence-electron chi connectivity index (χ3n) is 2.66. The van der Waals surface area contributed by atoms with Crippen LogP contribution in [-0.2, 0) is 5.75 Å². The molecule has 3 nitrogen and oxygen atoms in total. The van der Waals surface area contributed by atoms with E-state index in [1.165, 1.54) is 5.56 Å². The largest absolute Gasteiger partial charge is 0.527 e. The van der Waals surface area contributed by atoms with Gasteiger partial charge in [-0.05, 0) is 17.4 Å². The van der Waals surface area contributed by atoms with Gasteiger partial charge in [0.15, 0.2) is 0 Å². The maximum absolute atomic E-state index is 9.40. The first-order chi connectivity index (χ1) is 6.68. The van der Waals surface area contributed by atoms with E-state index in [2.05, 4.69) is 4.72 Å². The lowest BCUT2D eigenvalue weighted by atomic mass is 10.2. The molecule has 5 heteroatoms. The molecule has 0 bridgehead atoms. The zero-order valence-electron chi connectivity index (χ0n) is 8.10. The number of anilines is 1. The zero-order valence-corrected chi connectivity index (χ0v) is 8.92. The van der Waals surface area contributed by atoms with Gasteiger partial charge < -0.3 is 14.8 Å². The Hall–Kier alpha value is -0.645. The van der Waals surface area contributed by atoms with E-state index in [1.807, 2.05) is 31.2 Å². The fourth-order valence-corrected chi connectivity index (χ4v) is 4.15. The molecular weight excluding hydrogens is 197 g/mol. The molecule has 0 amide bonds. The normalized spacial score (nSPS) is 28.8. The lowest BCUT2D eigenvalue weighted by Gasteiger charge is -2.33. The third kappa shape index (κ3) is 1.41. The lowest BCUT2D eigenvalue weighted by Crippen LogP contribution is -2.28. The number of hydrogen-bond acceptors (Lipinski definition) is 3. The second-order valence-electron chi connectivity index (χ2n) is 3.46. The van der Waals surface area contributed by atoms with Crippen molar-refractivity contribution in [1.29, 1.82) is 0 Å². The standard InChI is InChI=1S/C9H14BNO2S/c1-2-14(10(12)13)7-8-5-3-4-6-9(8)11-14/h3-6,11-13H,2,7H2,1H3. The van der Waals surface area contributed by atoms with E-state index in [9.17, 15) is 10.0 Å². The number of fused-ring (bicyclic) bond motifs is 1. The van der Waals surface area contributed by atoms with E-state index in [1.54, 1.807) is 0 Å². The summed E-state index contributed by atoms with van der Waals surface area (Å²) in [5, 5.41) is 18.8. The van der Waals surface area contributed by atoms with Gasteiger partial charge in [0.25, 0.3) is 0 Å². The first kappa shape index (κ1) is 9.89. The minimum Gasteiger partial charge on any atom is -0.418 e. The van der Waals surface area contributed by atoms with Gasteiger partial charge >= 0.3 is 6.40 Å². The molecule has 1 aliphatic rings. The van der Waals surface area contributed by atoms with Crippen LogP contribution in [-0.4, -0.2) is 22.2 Å². The van der Waals surface area contributed by atoms with Crippen LogP contribution in [0.2, 0.25) is 0 Å². The van der Waals surface area contributed by atoms with Gasteiger partial charge in [-0.25, -0.2) is 0 Å². The smallest absolute Gasteiger partial charge is 0.418 e. The van der Waals surface area contributed by atoms with Crippen LogP contribution < -0.4 is 4.72 Å². The highest BCUT2D eigenvalue weighted by Gasteiger charge is 2.40. The summed E-state index contributed by atoms with van der Waals surface area (Å²) in [6.07, 6.45) is -1.24. The molecule has 0 aromatic heterocycles. The van der Waals surface area contributed by atoms with E-state index >= 15 is 0 Å². The average Bonchev–Trinajstić information content (AvgIpc) is 2.57. The summed E-state index contributed by atoms with van der Waals surface area (Å²) in [5.74, 6) is 1.54. The summed E-state index contributed by atoms with van der Waals surface area (Å²) in [6.45, 7) is 1.99. The van der Waals surface area contributed by atoms with Crippen molar-refractivity contribution < 1.29 is 10.0 Å². The second-order valence-corrected chi connectivity index (χ2v) is 6.84. The summed E-state index contributed by atoms with van der Waals surface area (Å²) in [6, 6.07) is 7.97. The van der Waals surface area contributed by atoms with Crippen LogP contribution in [0.1, 0.15) is 12.5 Å². The predicted octanol–water partition coefficient (Wildman–Crippen LogP) is 1.32. The van der Waals surface area contributed by atoms with Crippen LogP contribution >= 0.6 is 10.1 Å². The van der Waals surface area contributed by atoms with Crippen molar-refractivity contribution in [2.75, 3.05) is 10.5 Å². The van der Waals surface area contributed by atoms with E-state index in [0.29, 0.717) is 0 Å². The Morgan fingerprint density at radius 2 is 2.14 bits per heavy atom. The van der Waals surface area contributed by atoms with Crippen molar-refractivity contribution in [2.45, 2.75) is 12.7 Å². The molecule has 0 saturated heterocycles. The highest BCUT2D eigenvalue weighted by atomic mass is 32.3. The molecule has 0 fully saturated rings. The highest BCUT2D eigenvalue weighted by molar-refractivity contribution is 8.53. The van der Waals surface area contributed by atoms with Crippen LogP contribution in [0.4, 0.5) is 5.69 Å². The molecule has 0 spiro atoms. The van der Waals surface area contributed by atoms with Crippen molar-refractivity contribution in [3.63, 3.8) is 0 Å². The van der Waals surface area contributed by atoms with Gasteiger partial charge in [-0.1, -0.05) is 25.1 Å². The van der Waals surface area contributed by atoms with Gasteiger partial charge in [-0.15, -0.1) is 10.1 Å². The highest BCUT2D eigenvalue weighted by Crippen LogP contribution is 2.57. The van der Waals surface area contributed by atoms with Crippen molar-refractivity contribution in [2.24, 2.45) is 0 Å². The molecule has 0 radical (unpaired) electrons. The van der Waals surface area contributed by atoms with Crippen molar-refractivity contribution >= 4 is 22.1 Å². The Kier molecular flexibility index (Phi) is 2.47. The van der Waals surface area contributed by atoms with Crippen LogP contribution in [0.3, 0.4) is 0 Å². The quantitative estimate of drug-likeness (QED) is 0.646. The minimum absolute atomic E-state index is 0.761. The Balaban J connectivity index is 2.32. The Labute approximate surface area is 85.6 Å². The van der Waals surface area contributed by atoms with Crippen LogP contribution in [0, 0.1) is 0 Å². The van der Waals surface area contributed by atoms with E-state index in [4.69, 9.17) is 0 Å². The minimum atomic E-state index is -1.51. The third-order valence-corrected chi connectivity index (χ3v) is 5.95. The van der Waals surface area contributed by atoms with Gasteiger partial charge in [0.05, 0.1) is 0 Å². The Morgan fingerprint density at radius 1 is 1.43 bits per heavy atom. The van der Waals surface area contributed by atoms with Gasteiger partial charge in [0.1, 0.15) is 0 Å². The van der Waals surface area contributed by atoms with Gasteiger partial charge in [0.2, 0.25) is 0 Å². The van der Waals surface area contributed by atoms with Crippen LogP contribution in [0.5, 0.6) is 0 Å². The summed E-state index contributed by atoms with van der Waals surface area (Å²) in [4.78, 5) is 0. The monoisotopic (exact) mass is 211 g/mol. The summed E-state index contributed by atoms with van der Waals surface area (Å²) in [5.41, 5.74) is 2.25. The SMILES string of the molecule is CCS1(B(O)O)Cc2ccccc2N1. The molecule has 1 unspecified atom stereocenters. The van der Waals surface area contributed by atoms with Crippen LogP contribution in [0.15, 0.2) is 24.3 Å². The number of para-hydroxylation sites is 1. The zero-order chi connectivity index (χ0) is 10.2. The van der Waals surface area contributed by atoms with E-state index in [-0.39, 0.29) is 0 Å². The number of benzene rings is 1. The first-order valence-electron chi connectivity index (χ1n) is 4.67. The molecular formula is C9H14BNO2S. The van der Waals surface area contributed by atoms with Crippen molar-refractivity contribution in [3.8, 4) is 0 Å². The van der Waals surface area contributed by atoms with Crippen molar-refractivity contribution in [1.82, 2.24) is 0 Å². The molecule has 1 heterocycles. The molecule has 14 heavy (non-hydrogen) atoms. The molecule has 1 aliphatic heterocycles. The fraction of sp³-hybridized carbons (Fsp3) is 0.333. The van der Waals surface area contributed by atoms with Crippen molar-refractivity contribution in [3.05, 3.63) is 29.8 Å². The van der Waals surface area contributed by atoms with Crippen LogP contribution in [0.25, 0.3) is 0 Å². The number of nitrogens with one attached hydrogen (secondary N) is 1.